The van der Waals surface area contributed by atoms with E-state index < -0.39 is 8.32 Å². The summed E-state index contributed by atoms with van der Waals surface area (Å²) < 4.78 is 6.84. The standard InChI is InChI=1S/C17H32OSi/c1-11(2)19(12(3)4,13(5)6)18-17-10-14(7)15(8)16(17)9/h10-13,17H,1-9H3. The highest BCUT2D eigenvalue weighted by molar-refractivity contribution is 6.77. The average Bonchev–Trinajstić information content (AvgIpc) is 2.52. The van der Waals surface area contributed by atoms with Crippen LogP contribution < -0.4 is 0 Å². The molecule has 0 saturated carbocycles. The van der Waals surface area contributed by atoms with Crippen LogP contribution in [0.4, 0.5) is 0 Å². The van der Waals surface area contributed by atoms with Crippen molar-refractivity contribution in [3.8, 4) is 0 Å². The van der Waals surface area contributed by atoms with Gasteiger partial charge in [-0.25, -0.2) is 0 Å². The molecule has 0 radical (unpaired) electrons. The van der Waals surface area contributed by atoms with Crippen LogP contribution in [-0.2, 0) is 4.43 Å². The van der Waals surface area contributed by atoms with Crippen LogP contribution >= 0.6 is 0 Å². The van der Waals surface area contributed by atoms with Crippen molar-refractivity contribution < 1.29 is 4.43 Å². The van der Waals surface area contributed by atoms with Gasteiger partial charge in [-0.05, 0) is 60.2 Å². The van der Waals surface area contributed by atoms with E-state index in [1.807, 2.05) is 0 Å². The van der Waals surface area contributed by atoms with Gasteiger partial charge in [0.05, 0.1) is 6.10 Å². The van der Waals surface area contributed by atoms with E-state index in [9.17, 15) is 0 Å². The van der Waals surface area contributed by atoms with Gasteiger partial charge in [0.25, 0.3) is 0 Å². The van der Waals surface area contributed by atoms with Gasteiger partial charge >= 0.3 is 0 Å². The lowest BCUT2D eigenvalue weighted by molar-refractivity contribution is 0.249. The molecule has 0 fully saturated rings. The summed E-state index contributed by atoms with van der Waals surface area (Å²) in [4.78, 5) is 0. The first-order chi connectivity index (χ1) is 8.64. The second-order valence-corrected chi connectivity index (χ2v) is 12.4. The minimum Gasteiger partial charge on any atom is -0.406 e. The molecule has 0 N–H and O–H groups in total. The summed E-state index contributed by atoms with van der Waals surface area (Å²) in [5, 5.41) is 0. The predicted octanol–water partition coefficient (Wildman–Crippen LogP) is 5.84. The number of rotatable bonds is 5. The molecule has 0 aromatic carbocycles. The van der Waals surface area contributed by atoms with Crippen molar-refractivity contribution in [2.75, 3.05) is 0 Å². The maximum atomic E-state index is 6.84. The molecule has 1 atom stereocenters. The van der Waals surface area contributed by atoms with E-state index in [0.29, 0.717) is 16.6 Å². The van der Waals surface area contributed by atoms with Crippen LogP contribution in [0.1, 0.15) is 62.3 Å². The van der Waals surface area contributed by atoms with E-state index in [1.54, 1.807) is 0 Å². The summed E-state index contributed by atoms with van der Waals surface area (Å²) in [5.74, 6) is 0. The van der Waals surface area contributed by atoms with Gasteiger partial charge in [0.15, 0.2) is 0 Å². The summed E-state index contributed by atoms with van der Waals surface area (Å²) in [6.07, 6.45) is 2.54. The molecule has 0 aliphatic heterocycles. The summed E-state index contributed by atoms with van der Waals surface area (Å²) in [6.45, 7) is 20.8. The molecule has 0 bridgehead atoms. The second kappa shape index (κ2) is 5.97. The highest BCUT2D eigenvalue weighted by Crippen LogP contribution is 2.45. The molecule has 1 unspecified atom stereocenters. The smallest absolute Gasteiger partial charge is 0.201 e. The molecular weight excluding hydrogens is 248 g/mol. The number of hydrogen-bond donors (Lipinski definition) is 0. The Labute approximate surface area is 121 Å². The monoisotopic (exact) mass is 280 g/mol. The van der Waals surface area contributed by atoms with Gasteiger partial charge in [-0.3, -0.25) is 0 Å². The molecule has 2 heteroatoms. The highest BCUT2D eigenvalue weighted by atomic mass is 28.4. The van der Waals surface area contributed by atoms with Gasteiger partial charge in [-0.15, -0.1) is 0 Å². The van der Waals surface area contributed by atoms with Crippen LogP contribution in [0, 0.1) is 0 Å². The fraction of sp³-hybridized carbons (Fsp3) is 0.765. The topological polar surface area (TPSA) is 9.23 Å². The lowest BCUT2D eigenvalue weighted by Crippen LogP contribution is -2.50. The molecule has 0 saturated heterocycles. The quantitative estimate of drug-likeness (QED) is 0.574. The minimum atomic E-state index is -1.77. The normalized spacial score (nSPS) is 21.1. The zero-order valence-corrected chi connectivity index (χ0v) is 15.3. The number of allylic oxidation sites excluding steroid dienone is 2. The second-order valence-electron chi connectivity index (χ2n) is 7.01. The van der Waals surface area contributed by atoms with Crippen molar-refractivity contribution in [1.82, 2.24) is 0 Å². The maximum Gasteiger partial charge on any atom is 0.201 e. The van der Waals surface area contributed by atoms with Crippen molar-refractivity contribution >= 4 is 8.32 Å². The Balaban J connectivity index is 3.11. The molecule has 0 heterocycles. The Hall–Kier alpha value is -0.343. The van der Waals surface area contributed by atoms with Gasteiger partial charge in [-0.1, -0.05) is 41.5 Å². The Kier molecular flexibility index (Phi) is 5.25. The Bertz CT molecular complexity index is 366. The van der Waals surface area contributed by atoms with Gasteiger partial charge < -0.3 is 4.43 Å². The zero-order valence-electron chi connectivity index (χ0n) is 14.3. The van der Waals surface area contributed by atoms with Crippen LogP contribution in [0.15, 0.2) is 22.8 Å². The summed E-state index contributed by atoms with van der Waals surface area (Å²) in [5.41, 5.74) is 6.17. The van der Waals surface area contributed by atoms with Crippen LogP contribution in [0.5, 0.6) is 0 Å². The maximum absolute atomic E-state index is 6.84. The fourth-order valence-electron chi connectivity index (χ4n) is 3.75. The lowest BCUT2D eigenvalue weighted by Gasteiger charge is -2.44. The largest absolute Gasteiger partial charge is 0.406 e. The van der Waals surface area contributed by atoms with E-state index in [1.165, 1.54) is 16.7 Å². The molecular formula is C17H32OSi. The van der Waals surface area contributed by atoms with Gasteiger partial charge in [0.1, 0.15) is 0 Å². The molecule has 0 aromatic rings. The summed E-state index contributed by atoms with van der Waals surface area (Å²) >= 11 is 0. The first-order valence-corrected chi connectivity index (χ1v) is 9.82. The SMILES string of the molecule is CC1=CC(O[Si](C(C)C)(C(C)C)C(C)C)C(C)=C1C. The van der Waals surface area contributed by atoms with Crippen LogP contribution in [-0.4, -0.2) is 14.4 Å². The van der Waals surface area contributed by atoms with Crippen LogP contribution in [0.2, 0.25) is 16.6 Å². The van der Waals surface area contributed by atoms with E-state index in [-0.39, 0.29) is 6.10 Å². The summed E-state index contributed by atoms with van der Waals surface area (Å²) in [7, 11) is -1.77. The van der Waals surface area contributed by atoms with E-state index >= 15 is 0 Å². The molecule has 110 valence electrons. The molecule has 1 aliphatic rings. The summed E-state index contributed by atoms with van der Waals surface area (Å²) in [6, 6.07) is 0. The molecule has 1 nitrogen and oxygen atoms in total. The number of hydrogen-bond acceptors (Lipinski definition) is 1. The van der Waals surface area contributed by atoms with Crippen LogP contribution in [0.3, 0.4) is 0 Å². The van der Waals surface area contributed by atoms with Gasteiger partial charge in [0.2, 0.25) is 8.32 Å². The predicted molar refractivity (Wildman–Crippen MR) is 88.1 cm³/mol. The first kappa shape index (κ1) is 16.7. The third kappa shape index (κ3) is 2.90. The third-order valence-electron chi connectivity index (χ3n) is 5.05. The van der Waals surface area contributed by atoms with Crippen LogP contribution in [0.25, 0.3) is 0 Å². The zero-order chi connectivity index (χ0) is 15.0. The third-order valence-corrected chi connectivity index (χ3v) is 11.1. The van der Waals surface area contributed by atoms with Crippen molar-refractivity contribution in [2.24, 2.45) is 0 Å². The molecule has 1 aliphatic carbocycles. The highest BCUT2D eigenvalue weighted by Gasteiger charge is 2.47. The van der Waals surface area contributed by atoms with E-state index in [4.69, 9.17) is 4.43 Å². The van der Waals surface area contributed by atoms with Gasteiger partial charge in [0, 0.05) is 0 Å². The molecule has 0 aromatic heterocycles. The average molecular weight is 281 g/mol. The Morgan fingerprint density at radius 1 is 0.895 bits per heavy atom. The molecule has 0 spiro atoms. The van der Waals surface area contributed by atoms with Crippen molar-refractivity contribution in [1.29, 1.82) is 0 Å². The molecule has 19 heavy (non-hydrogen) atoms. The van der Waals surface area contributed by atoms with E-state index in [2.05, 4.69) is 68.4 Å². The van der Waals surface area contributed by atoms with Crippen molar-refractivity contribution in [3.05, 3.63) is 22.8 Å². The minimum absolute atomic E-state index is 0.221. The fourth-order valence-corrected chi connectivity index (χ4v) is 9.25. The lowest BCUT2D eigenvalue weighted by atomic mass is 10.1. The molecule has 1 rings (SSSR count). The van der Waals surface area contributed by atoms with E-state index in [0.717, 1.165) is 0 Å². The van der Waals surface area contributed by atoms with Crippen molar-refractivity contribution in [2.45, 2.75) is 85.0 Å². The van der Waals surface area contributed by atoms with Gasteiger partial charge in [-0.2, -0.15) is 0 Å². The van der Waals surface area contributed by atoms with Crippen molar-refractivity contribution in [3.63, 3.8) is 0 Å². The Morgan fingerprint density at radius 2 is 1.32 bits per heavy atom. The molecule has 0 amide bonds. The Morgan fingerprint density at radius 3 is 1.58 bits per heavy atom. The first-order valence-electron chi connectivity index (χ1n) is 7.68.